The van der Waals surface area contributed by atoms with Crippen LogP contribution in [0.2, 0.25) is 0 Å². The highest BCUT2D eigenvalue weighted by molar-refractivity contribution is 7.09. The summed E-state index contributed by atoms with van der Waals surface area (Å²) < 4.78 is 1.97. The van der Waals surface area contributed by atoms with Gasteiger partial charge in [0.25, 0.3) is 0 Å². The van der Waals surface area contributed by atoms with E-state index in [1.165, 1.54) is 0 Å². The van der Waals surface area contributed by atoms with Crippen LogP contribution in [0.15, 0.2) is 11.6 Å². The molecule has 1 unspecified atom stereocenters. The molecule has 2 aromatic rings. The van der Waals surface area contributed by atoms with Crippen molar-refractivity contribution >= 4 is 11.3 Å². The molecule has 0 aliphatic rings. The minimum atomic E-state index is 0.0893. The molecule has 0 amide bonds. The fourth-order valence-electron chi connectivity index (χ4n) is 2.04. The lowest BCUT2D eigenvalue weighted by molar-refractivity contribution is 0.499. The Morgan fingerprint density at radius 3 is 2.84 bits per heavy atom. The Morgan fingerprint density at radius 2 is 2.21 bits per heavy atom. The van der Waals surface area contributed by atoms with Gasteiger partial charge < -0.3 is 5.32 Å². The summed E-state index contributed by atoms with van der Waals surface area (Å²) in [7, 11) is 0. The van der Waals surface area contributed by atoms with E-state index in [4.69, 9.17) is 0 Å². The average Bonchev–Trinajstić information content (AvgIpc) is 3.01. The minimum Gasteiger partial charge on any atom is -0.304 e. The van der Waals surface area contributed by atoms with Crippen molar-refractivity contribution in [3.63, 3.8) is 0 Å². The van der Waals surface area contributed by atoms with Gasteiger partial charge in [0.15, 0.2) is 0 Å². The zero-order valence-corrected chi connectivity index (χ0v) is 12.6. The zero-order chi connectivity index (χ0) is 13.7. The Morgan fingerprint density at radius 1 is 1.37 bits per heavy atom. The number of hydrogen-bond acceptors (Lipinski definition) is 5. The third kappa shape index (κ3) is 3.39. The van der Waals surface area contributed by atoms with E-state index in [0.717, 1.165) is 42.3 Å². The molecule has 5 nitrogen and oxygen atoms in total. The SMILES string of the molecule is CCCNC(c1csc(C)n1)c1cnnn1CCC. The van der Waals surface area contributed by atoms with Crippen molar-refractivity contribution in [1.29, 1.82) is 0 Å². The first-order valence-corrected chi connectivity index (χ1v) is 7.68. The lowest BCUT2D eigenvalue weighted by Crippen LogP contribution is -2.26. The Labute approximate surface area is 118 Å². The van der Waals surface area contributed by atoms with E-state index in [9.17, 15) is 0 Å². The summed E-state index contributed by atoms with van der Waals surface area (Å²) >= 11 is 1.68. The van der Waals surface area contributed by atoms with Gasteiger partial charge in [-0.05, 0) is 26.3 Å². The van der Waals surface area contributed by atoms with Gasteiger partial charge in [-0.15, -0.1) is 16.4 Å². The Hall–Kier alpha value is -1.27. The second kappa shape index (κ2) is 6.77. The number of rotatable bonds is 7. The third-order valence-corrected chi connectivity index (χ3v) is 3.70. The van der Waals surface area contributed by atoms with Crippen LogP contribution in [0.25, 0.3) is 0 Å². The molecule has 0 saturated carbocycles. The molecule has 0 fully saturated rings. The van der Waals surface area contributed by atoms with Gasteiger partial charge in [-0.25, -0.2) is 9.67 Å². The normalized spacial score (nSPS) is 12.8. The highest BCUT2D eigenvalue weighted by Crippen LogP contribution is 2.23. The van der Waals surface area contributed by atoms with Crippen molar-refractivity contribution < 1.29 is 0 Å². The van der Waals surface area contributed by atoms with Gasteiger partial charge in [0.1, 0.15) is 0 Å². The molecule has 2 aromatic heterocycles. The molecule has 0 saturated heterocycles. The lowest BCUT2D eigenvalue weighted by atomic mass is 10.1. The van der Waals surface area contributed by atoms with E-state index in [1.54, 1.807) is 11.3 Å². The van der Waals surface area contributed by atoms with Gasteiger partial charge in [0.05, 0.1) is 28.6 Å². The second-order valence-electron chi connectivity index (χ2n) is 4.56. The quantitative estimate of drug-likeness (QED) is 0.846. The number of aryl methyl sites for hydroxylation is 2. The second-order valence-corrected chi connectivity index (χ2v) is 5.62. The van der Waals surface area contributed by atoms with Crippen LogP contribution in [-0.4, -0.2) is 26.5 Å². The van der Waals surface area contributed by atoms with E-state index in [0.29, 0.717) is 0 Å². The summed E-state index contributed by atoms with van der Waals surface area (Å²) in [5, 5.41) is 15.0. The smallest absolute Gasteiger partial charge is 0.0947 e. The molecule has 1 N–H and O–H groups in total. The van der Waals surface area contributed by atoms with Gasteiger partial charge in [-0.2, -0.15) is 0 Å². The van der Waals surface area contributed by atoms with Crippen LogP contribution in [-0.2, 0) is 6.54 Å². The predicted octanol–water partition coefficient (Wildman–Crippen LogP) is 2.54. The lowest BCUT2D eigenvalue weighted by Gasteiger charge is -2.17. The third-order valence-electron chi connectivity index (χ3n) is 2.91. The summed E-state index contributed by atoms with van der Waals surface area (Å²) in [6.45, 7) is 8.19. The van der Waals surface area contributed by atoms with Crippen LogP contribution in [0.3, 0.4) is 0 Å². The first kappa shape index (κ1) is 14.1. The molecule has 104 valence electrons. The van der Waals surface area contributed by atoms with Gasteiger partial charge in [0.2, 0.25) is 0 Å². The molecule has 2 heterocycles. The number of hydrogen-bond donors (Lipinski definition) is 1. The van der Waals surface area contributed by atoms with Gasteiger partial charge >= 0.3 is 0 Å². The molecular formula is C13H21N5S. The number of nitrogens with zero attached hydrogens (tertiary/aromatic N) is 4. The van der Waals surface area contributed by atoms with Crippen molar-refractivity contribution in [3.05, 3.63) is 28.0 Å². The van der Waals surface area contributed by atoms with Gasteiger partial charge in [0, 0.05) is 11.9 Å². The van der Waals surface area contributed by atoms with Crippen LogP contribution < -0.4 is 5.32 Å². The van der Waals surface area contributed by atoms with E-state index >= 15 is 0 Å². The molecule has 0 aliphatic carbocycles. The monoisotopic (exact) mass is 279 g/mol. The molecule has 0 radical (unpaired) electrons. The first-order valence-electron chi connectivity index (χ1n) is 6.80. The number of thiazole rings is 1. The van der Waals surface area contributed by atoms with Crippen LogP contribution in [0.4, 0.5) is 0 Å². The molecule has 0 bridgehead atoms. The van der Waals surface area contributed by atoms with Gasteiger partial charge in [-0.1, -0.05) is 19.1 Å². The molecule has 2 rings (SSSR count). The topological polar surface area (TPSA) is 55.6 Å². The van der Waals surface area contributed by atoms with Gasteiger partial charge in [-0.3, -0.25) is 0 Å². The van der Waals surface area contributed by atoms with Crippen LogP contribution in [0.1, 0.15) is 49.1 Å². The fourth-order valence-corrected chi connectivity index (χ4v) is 2.68. The Kier molecular flexibility index (Phi) is 5.04. The minimum absolute atomic E-state index is 0.0893. The Balaban J connectivity index is 2.28. The average molecular weight is 279 g/mol. The number of aromatic nitrogens is 4. The van der Waals surface area contributed by atoms with Crippen LogP contribution in [0.5, 0.6) is 0 Å². The summed E-state index contributed by atoms with van der Waals surface area (Å²) in [6, 6.07) is 0.0893. The zero-order valence-electron chi connectivity index (χ0n) is 11.8. The standard InChI is InChI=1S/C13H21N5S/c1-4-6-14-13(11-9-19-10(3)16-11)12-8-15-17-18(12)7-5-2/h8-9,13-14H,4-7H2,1-3H3. The van der Waals surface area contributed by atoms with Crippen molar-refractivity contribution in [2.45, 2.75) is 46.2 Å². The van der Waals surface area contributed by atoms with Crippen LogP contribution >= 0.6 is 11.3 Å². The first-order chi connectivity index (χ1) is 9.26. The maximum absolute atomic E-state index is 4.61. The van der Waals surface area contributed by atoms with E-state index in [2.05, 4.69) is 39.8 Å². The molecule has 6 heteroatoms. The van der Waals surface area contributed by atoms with E-state index in [-0.39, 0.29) is 6.04 Å². The van der Waals surface area contributed by atoms with E-state index < -0.39 is 0 Å². The molecule has 0 aromatic carbocycles. The summed E-state index contributed by atoms with van der Waals surface area (Å²) in [5.74, 6) is 0. The number of nitrogens with one attached hydrogen (secondary N) is 1. The molecule has 0 spiro atoms. The molecule has 1 atom stereocenters. The van der Waals surface area contributed by atoms with Crippen molar-refractivity contribution in [2.75, 3.05) is 6.54 Å². The summed E-state index contributed by atoms with van der Waals surface area (Å²) in [5.41, 5.74) is 2.16. The fraction of sp³-hybridized carbons (Fsp3) is 0.615. The van der Waals surface area contributed by atoms with Crippen LogP contribution in [0, 0.1) is 6.92 Å². The van der Waals surface area contributed by atoms with Crippen molar-refractivity contribution in [1.82, 2.24) is 25.3 Å². The summed E-state index contributed by atoms with van der Waals surface area (Å²) in [4.78, 5) is 4.61. The maximum atomic E-state index is 4.61. The molecular weight excluding hydrogens is 258 g/mol. The Bertz CT molecular complexity index is 505. The maximum Gasteiger partial charge on any atom is 0.0947 e. The highest BCUT2D eigenvalue weighted by atomic mass is 32.1. The largest absolute Gasteiger partial charge is 0.304 e. The van der Waals surface area contributed by atoms with Crippen molar-refractivity contribution in [2.24, 2.45) is 0 Å². The summed E-state index contributed by atoms with van der Waals surface area (Å²) in [6.07, 6.45) is 3.99. The molecule has 0 aliphatic heterocycles. The molecule has 19 heavy (non-hydrogen) atoms. The van der Waals surface area contributed by atoms with Crippen molar-refractivity contribution in [3.8, 4) is 0 Å². The predicted molar refractivity (Wildman–Crippen MR) is 77.3 cm³/mol. The highest BCUT2D eigenvalue weighted by Gasteiger charge is 2.20. The van der Waals surface area contributed by atoms with E-state index in [1.807, 2.05) is 17.8 Å².